The number of aliphatic hydroxyl groups excluding tert-OH is 1. The van der Waals surface area contributed by atoms with Crippen molar-refractivity contribution >= 4 is 11.9 Å². The van der Waals surface area contributed by atoms with E-state index < -0.39 is 54.8 Å². The largest absolute Gasteiger partial charge is 0.457 e. The molecule has 1 fully saturated rings. The van der Waals surface area contributed by atoms with Crippen molar-refractivity contribution in [3.05, 3.63) is 67.0 Å². The summed E-state index contributed by atoms with van der Waals surface area (Å²) in [6, 6.07) is 4.14. The van der Waals surface area contributed by atoms with Crippen LogP contribution in [0, 0.1) is 6.92 Å². The molecule has 478 valence electrons. The summed E-state index contributed by atoms with van der Waals surface area (Å²) in [4.78, 5) is 54.3. The van der Waals surface area contributed by atoms with Crippen LogP contribution >= 0.6 is 0 Å². The van der Waals surface area contributed by atoms with Crippen molar-refractivity contribution in [2.24, 2.45) is 0 Å². The summed E-state index contributed by atoms with van der Waals surface area (Å²) < 4.78 is 18.6. The zero-order chi connectivity index (χ0) is 59.6. The second kappa shape index (κ2) is 50.9. The first kappa shape index (κ1) is 74.0. The van der Waals surface area contributed by atoms with Gasteiger partial charge in [0.05, 0.1) is 12.2 Å². The lowest BCUT2D eigenvalue weighted by Gasteiger charge is -2.19. The molecule has 83 heavy (non-hydrogen) atoms. The molecule has 0 amide bonds. The molecule has 1 aliphatic rings. The summed E-state index contributed by atoms with van der Waals surface area (Å²) in [5, 5.41) is 10.1. The fourth-order valence-electron chi connectivity index (χ4n) is 12.6. The molecule has 1 aromatic heterocycles. The van der Waals surface area contributed by atoms with Crippen molar-refractivity contribution in [1.29, 1.82) is 0 Å². The predicted octanol–water partition coefficient (Wildman–Crippen LogP) is 20.3. The maximum absolute atomic E-state index is 14.1. The van der Waals surface area contributed by atoms with Gasteiger partial charge in [-0.1, -0.05) is 310 Å². The molecule has 1 aliphatic heterocycles. The summed E-state index contributed by atoms with van der Waals surface area (Å²) in [5.41, 5.74) is 3.67. The molecule has 0 saturated carbocycles. The van der Waals surface area contributed by atoms with Gasteiger partial charge in [0.25, 0.3) is 5.56 Å². The molecule has 0 bridgehead atoms. The number of nitrogens with one attached hydrogen (secondary N) is 1. The Hall–Kier alpha value is -3.24. The van der Waals surface area contributed by atoms with Gasteiger partial charge in [-0.3, -0.25) is 14.3 Å². The maximum atomic E-state index is 14.1. The van der Waals surface area contributed by atoms with Crippen molar-refractivity contribution in [2.45, 2.75) is 380 Å². The normalized spacial score (nSPS) is 15.2. The molecule has 2 aromatic rings. The minimum Gasteiger partial charge on any atom is -0.457 e. The number of aromatic nitrogens is 2. The Morgan fingerprint density at radius 2 is 0.831 bits per heavy atom. The number of rotatable bonds is 57. The number of aliphatic hydroxyl groups is 1. The monoisotopic (exact) mass is 1160 g/mol. The minimum absolute atomic E-state index is 0.0859. The highest BCUT2D eigenvalue weighted by atomic mass is 16.6. The average molecular weight is 1160 g/mol. The van der Waals surface area contributed by atoms with Crippen LogP contribution in [0.2, 0.25) is 0 Å². The van der Waals surface area contributed by atoms with Gasteiger partial charge < -0.3 is 19.3 Å². The molecule has 10 heteroatoms. The lowest BCUT2D eigenvalue weighted by Crippen LogP contribution is -2.33. The molecule has 0 unspecified atom stereocenters. The molecular formula is C73H128N2O8. The van der Waals surface area contributed by atoms with Gasteiger partial charge in [-0.2, -0.15) is 0 Å². The van der Waals surface area contributed by atoms with E-state index in [0.717, 1.165) is 38.5 Å². The van der Waals surface area contributed by atoms with E-state index in [1.807, 2.05) is 0 Å². The number of carbonyl (C=O) groups is 2. The topological polar surface area (TPSA) is 137 Å². The first-order chi connectivity index (χ1) is 40.7. The number of unbranched alkanes of at least 4 members (excludes halogenated alkanes) is 45. The molecule has 2 heterocycles. The van der Waals surface area contributed by atoms with Gasteiger partial charge in [0, 0.05) is 18.2 Å². The standard InChI is InChI=1S/C73H128N2O8/c1-5-8-11-14-17-20-23-26-29-32-35-38-41-44-47-50-53-63-56-65(72(79)81-61-70(77)83-67-58-69(82-68(67)60-76)75-59-62(4)71(78)74-73(75)80)57-64(54-51-48-45-42-39-36-33-30-27-24-21-18-15-12-9-6-2)66(63)55-52-49-46-43-40-37-34-31-28-25-22-19-16-13-10-7-3/h56-57,59,67-69,76H,5-55,58,60-61H2,1-4H3,(H,74,78,80)/t67-,68+,69+/m0/s1. The van der Waals surface area contributed by atoms with E-state index in [1.54, 1.807) is 6.92 Å². The van der Waals surface area contributed by atoms with E-state index in [1.165, 1.54) is 316 Å². The first-order valence-corrected chi connectivity index (χ1v) is 35.8. The van der Waals surface area contributed by atoms with Crippen LogP contribution in [-0.4, -0.2) is 52.0 Å². The van der Waals surface area contributed by atoms with Crippen molar-refractivity contribution < 1.29 is 28.9 Å². The highest BCUT2D eigenvalue weighted by Crippen LogP contribution is 2.31. The Labute approximate surface area is 508 Å². The molecule has 1 aromatic carbocycles. The van der Waals surface area contributed by atoms with Crippen LogP contribution in [0.15, 0.2) is 27.9 Å². The molecule has 2 N–H and O–H groups in total. The molecular weight excluding hydrogens is 1030 g/mol. The summed E-state index contributed by atoms with van der Waals surface area (Å²) in [6.07, 6.45) is 66.0. The third-order valence-electron chi connectivity index (χ3n) is 18.0. The first-order valence-electron chi connectivity index (χ1n) is 35.8. The molecule has 3 rings (SSSR count). The van der Waals surface area contributed by atoms with Gasteiger partial charge in [0.1, 0.15) is 18.4 Å². The quantitative estimate of drug-likeness (QED) is 0.0494. The van der Waals surface area contributed by atoms with Gasteiger partial charge in [-0.25, -0.2) is 14.4 Å². The highest BCUT2D eigenvalue weighted by molar-refractivity contribution is 5.91. The zero-order valence-corrected chi connectivity index (χ0v) is 54.4. The Morgan fingerprint density at radius 3 is 1.17 bits per heavy atom. The second-order valence-electron chi connectivity index (χ2n) is 25.6. The highest BCUT2D eigenvalue weighted by Gasteiger charge is 2.39. The Bertz CT molecular complexity index is 1950. The Morgan fingerprint density at radius 1 is 0.506 bits per heavy atom. The summed E-state index contributed by atoms with van der Waals surface area (Å²) in [7, 11) is 0. The minimum atomic E-state index is -0.889. The number of esters is 2. The van der Waals surface area contributed by atoms with E-state index in [-0.39, 0.29) is 6.42 Å². The fourth-order valence-corrected chi connectivity index (χ4v) is 12.6. The number of benzene rings is 1. The number of nitrogens with zero attached hydrogens (tertiary/aromatic N) is 1. The second-order valence-corrected chi connectivity index (χ2v) is 25.6. The van der Waals surface area contributed by atoms with Crippen molar-refractivity contribution in [1.82, 2.24) is 9.55 Å². The van der Waals surface area contributed by atoms with Crippen LogP contribution in [0.1, 0.15) is 374 Å². The van der Waals surface area contributed by atoms with Crippen LogP contribution in [0.5, 0.6) is 0 Å². The lowest BCUT2D eigenvalue weighted by molar-refractivity contribution is -0.156. The van der Waals surface area contributed by atoms with Crippen LogP contribution in [0.3, 0.4) is 0 Å². The van der Waals surface area contributed by atoms with Crippen LogP contribution in [0.25, 0.3) is 0 Å². The molecule has 3 atom stereocenters. The number of carbonyl (C=O) groups excluding carboxylic acids is 2. The number of hydrogen-bond acceptors (Lipinski definition) is 8. The fraction of sp³-hybridized carbons (Fsp3) is 0.836. The molecule has 0 spiro atoms. The van der Waals surface area contributed by atoms with Gasteiger partial charge in [0.15, 0.2) is 6.61 Å². The molecule has 1 saturated heterocycles. The number of aryl methyl sites for hydroxylation is 3. The Kier molecular flexibility index (Phi) is 45.4. The third-order valence-corrected chi connectivity index (χ3v) is 18.0. The van der Waals surface area contributed by atoms with E-state index in [0.29, 0.717) is 11.1 Å². The van der Waals surface area contributed by atoms with Crippen LogP contribution in [0.4, 0.5) is 0 Å². The molecule has 0 aliphatic carbocycles. The van der Waals surface area contributed by atoms with Gasteiger partial charge >= 0.3 is 17.6 Å². The number of hydrogen-bond donors (Lipinski definition) is 2. The Balaban J connectivity index is 1.62. The SMILES string of the molecule is CCCCCCCCCCCCCCCCCCc1cc(C(=O)OCC(=O)O[C@H]2C[C@H](n3cc(C)c(=O)[nH]c3=O)O[C@@H]2CO)cc(CCCCCCCCCCCCCCCCCC)c1CCCCCCCCCCCCCCCCCC. The summed E-state index contributed by atoms with van der Waals surface area (Å²) in [5.74, 6) is -1.29. The van der Waals surface area contributed by atoms with Gasteiger partial charge in [-0.15, -0.1) is 0 Å². The molecule has 0 radical (unpaired) electrons. The third kappa shape index (κ3) is 35.9. The van der Waals surface area contributed by atoms with E-state index in [9.17, 15) is 24.3 Å². The van der Waals surface area contributed by atoms with Crippen molar-refractivity contribution in [3.63, 3.8) is 0 Å². The van der Waals surface area contributed by atoms with E-state index >= 15 is 0 Å². The van der Waals surface area contributed by atoms with Gasteiger partial charge in [0.2, 0.25) is 0 Å². The molecule has 10 nitrogen and oxygen atoms in total. The zero-order valence-electron chi connectivity index (χ0n) is 54.4. The number of aromatic amines is 1. The average Bonchev–Trinajstić information content (AvgIpc) is 4.07. The van der Waals surface area contributed by atoms with Crippen molar-refractivity contribution in [3.8, 4) is 0 Å². The van der Waals surface area contributed by atoms with Gasteiger partial charge in [-0.05, 0) is 74.3 Å². The summed E-state index contributed by atoms with van der Waals surface area (Å²) >= 11 is 0. The maximum Gasteiger partial charge on any atom is 0.344 e. The van der Waals surface area contributed by atoms with Crippen LogP contribution in [-0.2, 0) is 38.3 Å². The number of H-pyrrole nitrogens is 1. The van der Waals surface area contributed by atoms with Crippen molar-refractivity contribution in [2.75, 3.05) is 13.2 Å². The summed E-state index contributed by atoms with van der Waals surface area (Å²) in [6.45, 7) is 7.43. The van der Waals surface area contributed by atoms with E-state index in [4.69, 9.17) is 14.2 Å². The lowest BCUT2D eigenvalue weighted by atomic mass is 9.88. The smallest absolute Gasteiger partial charge is 0.344 e. The van der Waals surface area contributed by atoms with E-state index in [2.05, 4.69) is 37.9 Å². The van der Waals surface area contributed by atoms with Crippen LogP contribution < -0.4 is 11.2 Å². The predicted molar refractivity (Wildman–Crippen MR) is 348 cm³/mol. The number of ether oxygens (including phenoxy) is 3.